The first kappa shape index (κ1) is 14.8. The summed E-state index contributed by atoms with van der Waals surface area (Å²) in [7, 11) is 0. The van der Waals surface area contributed by atoms with Crippen LogP contribution in [0.2, 0.25) is 0 Å². The topological polar surface area (TPSA) is 58.2 Å². The minimum atomic E-state index is -0.159. The minimum Gasteiger partial charge on any atom is -0.356 e. The zero-order valence-corrected chi connectivity index (χ0v) is 13.0. The third-order valence-corrected chi connectivity index (χ3v) is 4.78. The van der Waals surface area contributed by atoms with Crippen LogP contribution in [0.4, 0.5) is 5.69 Å². The standard InChI is InChI=1S/C17H18N2O2S/c20-16(8-7-12-4-3-11-22-12)18-10-9-14-13-5-1-2-6-15(13)19-17(14)21/h1-6,11,14H,7-10H2,(H,18,20)(H,19,21). The maximum Gasteiger partial charge on any atom is 0.232 e. The molecule has 0 radical (unpaired) electrons. The summed E-state index contributed by atoms with van der Waals surface area (Å²) < 4.78 is 0. The van der Waals surface area contributed by atoms with E-state index in [0.29, 0.717) is 19.4 Å². The summed E-state index contributed by atoms with van der Waals surface area (Å²) in [6.07, 6.45) is 1.90. The van der Waals surface area contributed by atoms with Crippen LogP contribution in [0, 0.1) is 0 Å². The van der Waals surface area contributed by atoms with Crippen molar-refractivity contribution >= 4 is 28.8 Å². The van der Waals surface area contributed by atoms with E-state index in [1.165, 1.54) is 4.88 Å². The van der Waals surface area contributed by atoms with Crippen molar-refractivity contribution in [2.75, 3.05) is 11.9 Å². The van der Waals surface area contributed by atoms with Gasteiger partial charge in [-0.1, -0.05) is 24.3 Å². The molecule has 0 fully saturated rings. The number of carbonyl (C=O) groups is 2. The monoisotopic (exact) mass is 314 g/mol. The van der Waals surface area contributed by atoms with Gasteiger partial charge in [-0.3, -0.25) is 9.59 Å². The largest absolute Gasteiger partial charge is 0.356 e. The van der Waals surface area contributed by atoms with Crippen molar-refractivity contribution in [2.24, 2.45) is 0 Å². The molecule has 1 unspecified atom stereocenters. The van der Waals surface area contributed by atoms with Crippen molar-refractivity contribution in [3.8, 4) is 0 Å². The van der Waals surface area contributed by atoms with E-state index in [1.54, 1.807) is 11.3 Å². The number of nitrogens with one attached hydrogen (secondary N) is 2. The normalized spacial score (nSPS) is 16.2. The van der Waals surface area contributed by atoms with Crippen LogP contribution in [0.15, 0.2) is 41.8 Å². The fourth-order valence-electron chi connectivity index (χ4n) is 2.70. The van der Waals surface area contributed by atoms with E-state index in [-0.39, 0.29) is 17.7 Å². The van der Waals surface area contributed by atoms with Gasteiger partial charge in [0.15, 0.2) is 0 Å². The quantitative estimate of drug-likeness (QED) is 0.861. The Balaban J connectivity index is 1.45. The Morgan fingerprint density at radius 2 is 2.09 bits per heavy atom. The predicted octanol–water partition coefficient (Wildman–Crippen LogP) is 2.92. The summed E-state index contributed by atoms with van der Waals surface area (Å²) in [5, 5.41) is 7.81. The lowest BCUT2D eigenvalue weighted by atomic mass is 9.97. The lowest BCUT2D eigenvalue weighted by Gasteiger charge is -2.09. The number of hydrogen-bond acceptors (Lipinski definition) is 3. The van der Waals surface area contributed by atoms with Crippen LogP contribution in [0.1, 0.15) is 29.2 Å². The smallest absolute Gasteiger partial charge is 0.232 e. The summed E-state index contributed by atoms with van der Waals surface area (Å²) in [5.41, 5.74) is 1.92. The highest BCUT2D eigenvalue weighted by atomic mass is 32.1. The van der Waals surface area contributed by atoms with E-state index in [9.17, 15) is 9.59 Å². The number of amides is 2. The van der Waals surface area contributed by atoms with Crippen molar-refractivity contribution in [3.63, 3.8) is 0 Å². The average Bonchev–Trinajstić information content (AvgIpc) is 3.13. The second-order valence-electron chi connectivity index (χ2n) is 5.35. The third kappa shape index (κ3) is 3.36. The number of thiophene rings is 1. The maximum absolute atomic E-state index is 12.0. The summed E-state index contributed by atoms with van der Waals surface area (Å²) >= 11 is 1.67. The first-order chi connectivity index (χ1) is 10.7. The van der Waals surface area contributed by atoms with E-state index in [4.69, 9.17) is 0 Å². The Hall–Kier alpha value is -2.14. The molecule has 2 N–H and O–H groups in total. The number of anilines is 1. The van der Waals surface area contributed by atoms with E-state index < -0.39 is 0 Å². The number of aryl methyl sites for hydroxylation is 1. The highest BCUT2D eigenvalue weighted by Crippen LogP contribution is 2.33. The fraction of sp³-hybridized carbons (Fsp3) is 0.294. The second-order valence-corrected chi connectivity index (χ2v) is 6.38. The third-order valence-electron chi connectivity index (χ3n) is 3.84. The van der Waals surface area contributed by atoms with E-state index in [0.717, 1.165) is 17.7 Å². The fourth-order valence-corrected chi connectivity index (χ4v) is 3.41. The molecule has 1 aliphatic heterocycles. The number of rotatable bonds is 6. The van der Waals surface area contributed by atoms with Gasteiger partial charge in [0.05, 0.1) is 5.92 Å². The Labute approximate surface area is 133 Å². The van der Waals surface area contributed by atoms with Crippen LogP contribution >= 0.6 is 11.3 Å². The van der Waals surface area contributed by atoms with E-state index >= 15 is 0 Å². The van der Waals surface area contributed by atoms with Crippen molar-refractivity contribution in [1.82, 2.24) is 5.32 Å². The molecule has 2 amide bonds. The van der Waals surface area contributed by atoms with Crippen molar-refractivity contribution in [1.29, 1.82) is 0 Å². The molecule has 2 aromatic rings. The van der Waals surface area contributed by atoms with Crippen LogP contribution in [-0.4, -0.2) is 18.4 Å². The van der Waals surface area contributed by atoms with E-state index in [2.05, 4.69) is 10.6 Å². The lowest BCUT2D eigenvalue weighted by molar-refractivity contribution is -0.121. The SMILES string of the molecule is O=C(CCc1cccs1)NCCC1C(=O)Nc2ccccc21. The van der Waals surface area contributed by atoms with Gasteiger partial charge >= 0.3 is 0 Å². The van der Waals surface area contributed by atoms with Crippen LogP contribution in [0.3, 0.4) is 0 Å². The molecule has 0 spiro atoms. The van der Waals surface area contributed by atoms with Crippen LogP contribution in [-0.2, 0) is 16.0 Å². The molecule has 3 rings (SSSR count). The van der Waals surface area contributed by atoms with Gasteiger partial charge in [0.1, 0.15) is 0 Å². The maximum atomic E-state index is 12.0. The molecule has 1 aromatic heterocycles. The number of fused-ring (bicyclic) bond motifs is 1. The molecule has 114 valence electrons. The molecular weight excluding hydrogens is 296 g/mol. The zero-order chi connectivity index (χ0) is 15.4. The summed E-state index contributed by atoms with van der Waals surface area (Å²) in [6, 6.07) is 11.8. The van der Waals surface area contributed by atoms with Gasteiger partial charge in [0.25, 0.3) is 0 Å². The van der Waals surface area contributed by atoms with Crippen LogP contribution in [0.25, 0.3) is 0 Å². The van der Waals surface area contributed by atoms with Crippen LogP contribution in [0.5, 0.6) is 0 Å². The number of para-hydroxylation sites is 1. The number of benzene rings is 1. The summed E-state index contributed by atoms with van der Waals surface area (Å²) in [5.74, 6) is -0.0945. The second kappa shape index (κ2) is 6.75. The zero-order valence-electron chi connectivity index (χ0n) is 12.2. The first-order valence-corrected chi connectivity index (χ1v) is 8.31. The molecule has 4 nitrogen and oxygen atoms in total. The summed E-state index contributed by atoms with van der Waals surface area (Å²) in [4.78, 5) is 25.0. The Morgan fingerprint density at radius 1 is 1.23 bits per heavy atom. The highest BCUT2D eigenvalue weighted by molar-refractivity contribution is 7.09. The Bertz CT molecular complexity index is 667. The molecule has 2 heterocycles. The van der Waals surface area contributed by atoms with Gasteiger partial charge in [0, 0.05) is 23.5 Å². The molecule has 22 heavy (non-hydrogen) atoms. The molecule has 0 saturated heterocycles. The molecule has 1 aliphatic rings. The van der Waals surface area contributed by atoms with Crippen LogP contribution < -0.4 is 10.6 Å². The lowest BCUT2D eigenvalue weighted by Crippen LogP contribution is -2.27. The van der Waals surface area contributed by atoms with Gasteiger partial charge in [-0.25, -0.2) is 0 Å². The van der Waals surface area contributed by atoms with Gasteiger partial charge in [-0.15, -0.1) is 11.3 Å². The minimum absolute atomic E-state index is 0.0223. The first-order valence-electron chi connectivity index (χ1n) is 7.43. The van der Waals surface area contributed by atoms with Gasteiger partial charge < -0.3 is 10.6 Å². The highest BCUT2D eigenvalue weighted by Gasteiger charge is 2.29. The summed E-state index contributed by atoms with van der Waals surface area (Å²) in [6.45, 7) is 0.524. The molecule has 0 aliphatic carbocycles. The molecule has 0 saturated carbocycles. The molecule has 5 heteroatoms. The van der Waals surface area contributed by atoms with Crippen molar-refractivity contribution in [3.05, 3.63) is 52.2 Å². The molecule has 0 bridgehead atoms. The Morgan fingerprint density at radius 3 is 2.91 bits per heavy atom. The van der Waals surface area contributed by atoms with Gasteiger partial charge in [-0.2, -0.15) is 0 Å². The molecule has 1 aromatic carbocycles. The van der Waals surface area contributed by atoms with E-state index in [1.807, 2.05) is 41.8 Å². The van der Waals surface area contributed by atoms with Crippen molar-refractivity contribution in [2.45, 2.75) is 25.2 Å². The number of hydrogen-bond donors (Lipinski definition) is 2. The van der Waals surface area contributed by atoms with Crippen molar-refractivity contribution < 1.29 is 9.59 Å². The molecule has 1 atom stereocenters. The molecular formula is C17H18N2O2S. The predicted molar refractivity (Wildman–Crippen MR) is 88.1 cm³/mol. The van der Waals surface area contributed by atoms with Gasteiger partial charge in [0.2, 0.25) is 11.8 Å². The average molecular weight is 314 g/mol. The Kier molecular flexibility index (Phi) is 4.53. The number of carbonyl (C=O) groups excluding carboxylic acids is 2. The van der Waals surface area contributed by atoms with Gasteiger partial charge in [-0.05, 0) is 35.9 Å².